The Bertz CT molecular complexity index is 543. The molecule has 1 fully saturated rings. The van der Waals surface area contributed by atoms with E-state index < -0.39 is 0 Å². The van der Waals surface area contributed by atoms with Crippen molar-refractivity contribution < 1.29 is 4.74 Å². The molecule has 0 aromatic carbocycles. The van der Waals surface area contributed by atoms with Crippen LogP contribution in [0, 0.1) is 6.92 Å². The standard InChI is InChI=1S/C12H16N4O/c1-9-10-3-4-11(13-12(10)15(2)14-9)16-5-7-17-8-6-16/h3-4H,5-8H2,1-2H3. The van der Waals surface area contributed by atoms with E-state index in [1.54, 1.807) is 0 Å². The summed E-state index contributed by atoms with van der Waals surface area (Å²) < 4.78 is 7.19. The molecule has 0 N–H and O–H groups in total. The number of fused-ring (bicyclic) bond motifs is 1. The summed E-state index contributed by atoms with van der Waals surface area (Å²) in [6.45, 7) is 5.40. The molecule has 0 amide bonds. The zero-order chi connectivity index (χ0) is 11.8. The number of anilines is 1. The SMILES string of the molecule is Cc1nn(C)c2nc(N3CCOCC3)ccc12. The van der Waals surface area contributed by atoms with Crippen molar-refractivity contribution in [1.82, 2.24) is 14.8 Å². The first-order valence-electron chi connectivity index (χ1n) is 5.89. The summed E-state index contributed by atoms with van der Waals surface area (Å²) in [5.74, 6) is 1.02. The Hall–Kier alpha value is -1.62. The molecule has 0 aliphatic carbocycles. The van der Waals surface area contributed by atoms with Crippen LogP contribution in [0.25, 0.3) is 11.0 Å². The predicted molar refractivity (Wildman–Crippen MR) is 66.3 cm³/mol. The third-order valence-corrected chi connectivity index (χ3v) is 3.19. The number of pyridine rings is 1. The lowest BCUT2D eigenvalue weighted by atomic mass is 10.2. The maximum Gasteiger partial charge on any atom is 0.160 e. The van der Waals surface area contributed by atoms with Gasteiger partial charge in [0, 0.05) is 25.5 Å². The smallest absolute Gasteiger partial charge is 0.160 e. The molecule has 90 valence electrons. The lowest BCUT2D eigenvalue weighted by Gasteiger charge is -2.27. The average molecular weight is 232 g/mol. The second-order valence-electron chi connectivity index (χ2n) is 4.35. The molecule has 0 spiro atoms. The van der Waals surface area contributed by atoms with Crippen LogP contribution in [0.15, 0.2) is 12.1 Å². The monoisotopic (exact) mass is 232 g/mol. The van der Waals surface area contributed by atoms with Gasteiger partial charge in [-0.25, -0.2) is 4.98 Å². The van der Waals surface area contributed by atoms with Crippen molar-refractivity contribution in [3.63, 3.8) is 0 Å². The molecule has 0 unspecified atom stereocenters. The van der Waals surface area contributed by atoms with Crippen molar-refractivity contribution >= 4 is 16.9 Å². The zero-order valence-corrected chi connectivity index (χ0v) is 10.2. The molecule has 17 heavy (non-hydrogen) atoms. The number of aromatic nitrogens is 3. The van der Waals surface area contributed by atoms with Gasteiger partial charge >= 0.3 is 0 Å². The fourth-order valence-electron chi connectivity index (χ4n) is 2.26. The molecule has 1 aliphatic rings. The van der Waals surface area contributed by atoms with E-state index in [9.17, 15) is 0 Å². The van der Waals surface area contributed by atoms with Crippen LogP contribution in [0.1, 0.15) is 5.69 Å². The third kappa shape index (κ3) is 1.76. The lowest BCUT2D eigenvalue weighted by Crippen LogP contribution is -2.36. The molecule has 2 aromatic heterocycles. The summed E-state index contributed by atoms with van der Waals surface area (Å²) in [4.78, 5) is 6.95. The van der Waals surface area contributed by atoms with E-state index in [1.807, 2.05) is 18.7 Å². The van der Waals surface area contributed by atoms with Gasteiger partial charge in [0.1, 0.15) is 5.82 Å². The van der Waals surface area contributed by atoms with Gasteiger partial charge in [0.2, 0.25) is 0 Å². The van der Waals surface area contributed by atoms with Crippen molar-refractivity contribution in [2.45, 2.75) is 6.92 Å². The first kappa shape index (κ1) is 10.5. The lowest BCUT2D eigenvalue weighted by molar-refractivity contribution is 0.122. The van der Waals surface area contributed by atoms with Crippen molar-refractivity contribution in [2.24, 2.45) is 7.05 Å². The number of hydrogen-bond acceptors (Lipinski definition) is 4. The predicted octanol–water partition coefficient (Wildman–Crippen LogP) is 1.11. The van der Waals surface area contributed by atoms with Crippen LogP contribution in [-0.4, -0.2) is 41.1 Å². The van der Waals surface area contributed by atoms with E-state index in [-0.39, 0.29) is 0 Å². The van der Waals surface area contributed by atoms with Gasteiger partial charge < -0.3 is 9.64 Å². The van der Waals surface area contributed by atoms with E-state index in [0.29, 0.717) is 0 Å². The number of morpholine rings is 1. The maximum absolute atomic E-state index is 5.35. The van der Waals surface area contributed by atoms with Gasteiger partial charge in [0.15, 0.2) is 5.65 Å². The minimum atomic E-state index is 0.782. The van der Waals surface area contributed by atoms with E-state index >= 15 is 0 Å². The molecule has 0 bridgehead atoms. The summed E-state index contributed by atoms with van der Waals surface area (Å²) >= 11 is 0. The number of nitrogens with zero attached hydrogens (tertiary/aromatic N) is 4. The summed E-state index contributed by atoms with van der Waals surface area (Å²) in [5.41, 5.74) is 1.98. The molecule has 0 saturated carbocycles. The Balaban J connectivity index is 2.03. The Labute approximate surface area is 100.0 Å². The fraction of sp³-hybridized carbons (Fsp3) is 0.500. The van der Waals surface area contributed by atoms with E-state index in [4.69, 9.17) is 9.72 Å². The van der Waals surface area contributed by atoms with Gasteiger partial charge in [-0.05, 0) is 19.1 Å². The Kier molecular flexibility index (Phi) is 2.48. The van der Waals surface area contributed by atoms with Crippen LogP contribution in [0.3, 0.4) is 0 Å². The minimum absolute atomic E-state index is 0.782. The van der Waals surface area contributed by atoms with Gasteiger partial charge in [0.25, 0.3) is 0 Å². The molecule has 5 heteroatoms. The van der Waals surface area contributed by atoms with Crippen LogP contribution >= 0.6 is 0 Å². The molecule has 3 rings (SSSR count). The van der Waals surface area contributed by atoms with E-state index in [0.717, 1.165) is 48.8 Å². The molecule has 5 nitrogen and oxygen atoms in total. The summed E-state index contributed by atoms with van der Waals surface area (Å²) in [6, 6.07) is 4.18. The quantitative estimate of drug-likeness (QED) is 0.739. The highest BCUT2D eigenvalue weighted by atomic mass is 16.5. The molecular weight excluding hydrogens is 216 g/mol. The summed E-state index contributed by atoms with van der Waals surface area (Å²) in [6.07, 6.45) is 0. The summed E-state index contributed by atoms with van der Waals surface area (Å²) in [5, 5.41) is 5.52. The third-order valence-electron chi connectivity index (χ3n) is 3.19. The van der Waals surface area contributed by atoms with Crippen molar-refractivity contribution in [3.8, 4) is 0 Å². The minimum Gasteiger partial charge on any atom is -0.378 e. The van der Waals surface area contributed by atoms with Crippen LogP contribution in [0.5, 0.6) is 0 Å². The van der Waals surface area contributed by atoms with Gasteiger partial charge in [-0.1, -0.05) is 0 Å². The number of aryl methyl sites for hydroxylation is 2. The van der Waals surface area contributed by atoms with Crippen molar-refractivity contribution in [2.75, 3.05) is 31.2 Å². The summed E-state index contributed by atoms with van der Waals surface area (Å²) in [7, 11) is 1.94. The van der Waals surface area contributed by atoms with Crippen LogP contribution in [0.2, 0.25) is 0 Å². The maximum atomic E-state index is 5.35. The van der Waals surface area contributed by atoms with Crippen LogP contribution in [-0.2, 0) is 11.8 Å². The molecule has 0 atom stereocenters. The fourth-order valence-corrected chi connectivity index (χ4v) is 2.26. The molecule has 1 aliphatic heterocycles. The Morgan fingerprint density at radius 2 is 2.00 bits per heavy atom. The second-order valence-corrected chi connectivity index (χ2v) is 4.35. The molecule has 0 radical (unpaired) electrons. The van der Waals surface area contributed by atoms with Crippen LogP contribution < -0.4 is 4.90 Å². The van der Waals surface area contributed by atoms with Gasteiger partial charge in [-0.3, -0.25) is 4.68 Å². The van der Waals surface area contributed by atoms with Gasteiger partial charge in [-0.2, -0.15) is 5.10 Å². The van der Waals surface area contributed by atoms with Crippen LogP contribution in [0.4, 0.5) is 5.82 Å². The Morgan fingerprint density at radius 3 is 2.76 bits per heavy atom. The normalized spacial score (nSPS) is 16.7. The largest absolute Gasteiger partial charge is 0.378 e. The first-order chi connectivity index (χ1) is 8.25. The highest BCUT2D eigenvalue weighted by Crippen LogP contribution is 2.20. The average Bonchev–Trinajstić information content (AvgIpc) is 2.66. The molecule has 3 heterocycles. The molecule has 1 saturated heterocycles. The molecule has 2 aromatic rings. The Morgan fingerprint density at radius 1 is 1.24 bits per heavy atom. The number of rotatable bonds is 1. The zero-order valence-electron chi connectivity index (χ0n) is 10.2. The van der Waals surface area contributed by atoms with Gasteiger partial charge in [0.05, 0.1) is 18.9 Å². The first-order valence-corrected chi connectivity index (χ1v) is 5.89. The van der Waals surface area contributed by atoms with Gasteiger partial charge in [-0.15, -0.1) is 0 Å². The van der Waals surface area contributed by atoms with Crippen molar-refractivity contribution in [3.05, 3.63) is 17.8 Å². The molecular formula is C12H16N4O. The number of ether oxygens (including phenoxy) is 1. The van der Waals surface area contributed by atoms with Crippen molar-refractivity contribution in [1.29, 1.82) is 0 Å². The highest BCUT2D eigenvalue weighted by Gasteiger charge is 2.14. The van der Waals surface area contributed by atoms with E-state index in [1.165, 1.54) is 0 Å². The second kappa shape index (κ2) is 4.00. The topological polar surface area (TPSA) is 43.2 Å². The number of hydrogen-bond donors (Lipinski definition) is 0. The highest BCUT2D eigenvalue weighted by molar-refractivity contribution is 5.79. The van der Waals surface area contributed by atoms with E-state index in [2.05, 4.69) is 22.1 Å².